The molecule has 0 spiro atoms. The van der Waals surface area contributed by atoms with E-state index in [1.165, 1.54) is 60.7 Å². The van der Waals surface area contributed by atoms with Gasteiger partial charge in [0.15, 0.2) is 0 Å². The molecule has 234 valence electrons. The second-order valence-electron chi connectivity index (χ2n) is 10.9. The number of sulfonamides is 2. The van der Waals surface area contributed by atoms with E-state index >= 15 is 0 Å². The van der Waals surface area contributed by atoms with Crippen LogP contribution in [0.2, 0.25) is 0 Å². The number of nitrogens with zero attached hydrogens (tertiary/aromatic N) is 2. The maximum absolute atomic E-state index is 14.2. The zero-order valence-corrected chi connectivity index (χ0v) is 27.3. The van der Waals surface area contributed by atoms with Gasteiger partial charge in [-0.2, -0.15) is 8.61 Å². The van der Waals surface area contributed by atoms with E-state index in [-0.39, 0.29) is 32.3 Å². The summed E-state index contributed by atoms with van der Waals surface area (Å²) < 4.78 is 58.2. The normalized spacial score (nSPS) is 11.6. The standard InChI is InChI=1S/C36H32N2O6S2/c1-25-15-17-27(3)33(23-25)45(41,42)37(35(39)29-11-7-5-8-12-29)31-19-21-32(22-20-31)38(36(40)30-13-9-6-10-14-30)46(43,44)34-24-26(2)16-18-28(34)4/h5-24H,1-4H3. The average molecular weight is 653 g/mol. The molecule has 0 atom stereocenters. The van der Waals surface area contributed by atoms with Crippen LogP contribution < -0.4 is 8.61 Å². The van der Waals surface area contributed by atoms with Crippen LogP contribution >= 0.6 is 0 Å². The van der Waals surface area contributed by atoms with Crippen molar-refractivity contribution in [3.8, 4) is 0 Å². The van der Waals surface area contributed by atoms with Crippen LogP contribution in [-0.4, -0.2) is 28.6 Å². The summed E-state index contributed by atoms with van der Waals surface area (Å²) >= 11 is 0. The highest BCUT2D eigenvalue weighted by Gasteiger charge is 2.36. The third kappa shape index (κ3) is 6.22. The van der Waals surface area contributed by atoms with Crippen LogP contribution in [0.5, 0.6) is 0 Å². The topological polar surface area (TPSA) is 109 Å². The lowest BCUT2D eigenvalue weighted by Crippen LogP contribution is -2.38. The second kappa shape index (κ2) is 12.7. The first-order valence-electron chi connectivity index (χ1n) is 14.4. The number of hydrogen-bond donors (Lipinski definition) is 0. The van der Waals surface area contributed by atoms with Gasteiger partial charge in [0.25, 0.3) is 31.9 Å². The van der Waals surface area contributed by atoms with Gasteiger partial charge in [-0.3, -0.25) is 9.59 Å². The molecule has 0 saturated heterocycles. The molecule has 0 aliphatic heterocycles. The third-order valence-electron chi connectivity index (χ3n) is 7.45. The predicted molar refractivity (Wildman–Crippen MR) is 179 cm³/mol. The SMILES string of the molecule is Cc1ccc(C)c(S(=O)(=O)N(C(=O)c2ccccc2)c2ccc(N(C(=O)c3ccccc3)S(=O)(=O)c3cc(C)ccc3C)cc2)c1. The van der Waals surface area contributed by atoms with Crippen LogP contribution in [0.1, 0.15) is 43.0 Å². The highest BCUT2D eigenvalue weighted by molar-refractivity contribution is 7.94. The van der Waals surface area contributed by atoms with Gasteiger partial charge < -0.3 is 0 Å². The molecule has 0 radical (unpaired) electrons. The van der Waals surface area contributed by atoms with E-state index in [4.69, 9.17) is 0 Å². The minimum absolute atomic E-state index is 0.0326. The van der Waals surface area contributed by atoms with Crippen LogP contribution in [0.25, 0.3) is 0 Å². The minimum Gasteiger partial charge on any atom is -0.268 e. The number of hydrogen-bond acceptors (Lipinski definition) is 6. The van der Waals surface area contributed by atoms with Gasteiger partial charge in [0.2, 0.25) is 0 Å². The molecule has 0 N–H and O–H groups in total. The Morgan fingerprint density at radius 2 is 0.783 bits per heavy atom. The Hall–Kier alpha value is -5.06. The molecule has 0 aliphatic rings. The van der Waals surface area contributed by atoms with Gasteiger partial charge in [-0.05, 0) is 111 Å². The minimum atomic E-state index is -4.44. The zero-order chi connectivity index (χ0) is 33.2. The van der Waals surface area contributed by atoms with E-state index in [0.717, 1.165) is 0 Å². The molecule has 0 heterocycles. The van der Waals surface area contributed by atoms with Crippen molar-refractivity contribution < 1.29 is 26.4 Å². The van der Waals surface area contributed by atoms with Crippen molar-refractivity contribution in [2.24, 2.45) is 0 Å². The van der Waals surface area contributed by atoms with E-state index < -0.39 is 31.9 Å². The van der Waals surface area contributed by atoms with E-state index in [0.29, 0.717) is 30.9 Å². The van der Waals surface area contributed by atoms with E-state index in [1.54, 1.807) is 88.4 Å². The van der Waals surface area contributed by atoms with Gasteiger partial charge in [-0.25, -0.2) is 16.8 Å². The summed E-state index contributed by atoms with van der Waals surface area (Å²) in [6.45, 7) is 6.80. The Kier molecular flexibility index (Phi) is 8.96. The summed E-state index contributed by atoms with van der Waals surface area (Å²) in [5.41, 5.74) is 2.50. The molecular weight excluding hydrogens is 621 g/mol. The molecule has 0 unspecified atom stereocenters. The van der Waals surface area contributed by atoms with Crippen LogP contribution in [0.4, 0.5) is 11.4 Å². The largest absolute Gasteiger partial charge is 0.272 e. The lowest BCUT2D eigenvalue weighted by atomic mass is 10.2. The van der Waals surface area contributed by atoms with Gasteiger partial charge in [0.05, 0.1) is 21.2 Å². The van der Waals surface area contributed by atoms with Gasteiger partial charge in [-0.15, -0.1) is 0 Å². The van der Waals surface area contributed by atoms with E-state index in [1.807, 2.05) is 0 Å². The number of carbonyl (C=O) groups is 2. The molecule has 2 amide bonds. The molecule has 0 aliphatic carbocycles. The fourth-order valence-electron chi connectivity index (χ4n) is 5.02. The van der Waals surface area contributed by atoms with Gasteiger partial charge >= 0.3 is 0 Å². The lowest BCUT2D eigenvalue weighted by Gasteiger charge is -2.26. The Bertz CT molecular complexity index is 1990. The van der Waals surface area contributed by atoms with Crippen molar-refractivity contribution in [1.82, 2.24) is 0 Å². The smallest absolute Gasteiger partial charge is 0.268 e. The van der Waals surface area contributed by atoms with Crippen molar-refractivity contribution in [2.45, 2.75) is 37.5 Å². The monoisotopic (exact) mass is 652 g/mol. The first-order valence-corrected chi connectivity index (χ1v) is 17.2. The average Bonchev–Trinajstić information content (AvgIpc) is 3.04. The number of anilines is 2. The number of aryl methyl sites for hydroxylation is 4. The van der Waals surface area contributed by atoms with Crippen molar-refractivity contribution in [3.63, 3.8) is 0 Å². The van der Waals surface area contributed by atoms with Gasteiger partial charge in [0, 0.05) is 11.1 Å². The number of benzene rings is 5. The van der Waals surface area contributed by atoms with Crippen molar-refractivity contribution in [2.75, 3.05) is 8.61 Å². The molecule has 5 rings (SSSR count). The number of carbonyl (C=O) groups excluding carboxylic acids is 2. The molecule has 0 bridgehead atoms. The maximum atomic E-state index is 14.2. The van der Waals surface area contributed by atoms with Crippen molar-refractivity contribution in [3.05, 3.63) is 155 Å². The number of rotatable bonds is 8. The molecule has 46 heavy (non-hydrogen) atoms. The number of amides is 2. The Morgan fingerprint density at radius 1 is 0.457 bits per heavy atom. The maximum Gasteiger partial charge on any atom is 0.272 e. The van der Waals surface area contributed by atoms with Crippen molar-refractivity contribution >= 4 is 43.2 Å². The Labute approximate surface area is 269 Å². The van der Waals surface area contributed by atoms with Crippen LogP contribution in [-0.2, 0) is 20.0 Å². The quantitative estimate of drug-likeness (QED) is 0.179. The summed E-state index contributed by atoms with van der Waals surface area (Å²) in [4.78, 5) is 27.7. The molecule has 0 aromatic heterocycles. The summed E-state index contributed by atoms with van der Waals surface area (Å²) in [7, 11) is -8.89. The van der Waals surface area contributed by atoms with Crippen LogP contribution in [0.15, 0.2) is 131 Å². The molecule has 5 aromatic rings. The highest BCUT2D eigenvalue weighted by Crippen LogP contribution is 2.33. The highest BCUT2D eigenvalue weighted by atomic mass is 32.2. The first kappa shape index (κ1) is 32.3. The third-order valence-corrected chi connectivity index (χ3v) is 11.2. The summed E-state index contributed by atoms with van der Waals surface area (Å²) in [6.07, 6.45) is 0. The molecular formula is C36H32N2O6S2. The Morgan fingerprint density at radius 3 is 1.11 bits per heavy atom. The lowest BCUT2D eigenvalue weighted by molar-refractivity contribution is 0.0996. The summed E-state index contributed by atoms with van der Waals surface area (Å²) in [5.74, 6) is -1.59. The summed E-state index contributed by atoms with van der Waals surface area (Å²) in [5, 5.41) is 0. The zero-order valence-electron chi connectivity index (χ0n) is 25.7. The Balaban J connectivity index is 1.68. The molecule has 0 saturated carbocycles. The van der Waals surface area contributed by atoms with Crippen molar-refractivity contribution in [1.29, 1.82) is 0 Å². The van der Waals surface area contributed by atoms with Gasteiger partial charge in [0.1, 0.15) is 0 Å². The molecule has 5 aromatic carbocycles. The summed E-state index contributed by atoms with van der Waals surface area (Å²) in [6, 6.07) is 31.2. The predicted octanol–water partition coefficient (Wildman–Crippen LogP) is 6.99. The van der Waals surface area contributed by atoms with Crippen LogP contribution in [0, 0.1) is 27.7 Å². The van der Waals surface area contributed by atoms with E-state index in [9.17, 15) is 26.4 Å². The van der Waals surface area contributed by atoms with Gasteiger partial charge in [-0.1, -0.05) is 60.7 Å². The molecule has 8 nitrogen and oxygen atoms in total. The fourth-order valence-corrected chi connectivity index (χ4v) is 8.48. The molecule has 10 heteroatoms. The molecule has 0 fully saturated rings. The first-order chi connectivity index (χ1) is 21.8. The van der Waals surface area contributed by atoms with E-state index in [2.05, 4.69) is 0 Å². The second-order valence-corrected chi connectivity index (χ2v) is 14.4. The fraction of sp³-hybridized carbons (Fsp3) is 0.111. The van der Waals surface area contributed by atoms with Crippen LogP contribution in [0.3, 0.4) is 0 Å².